The smallest absolute Gasteiger partial charge is 0.116 e. The number of ether oxygens (including phenoxy) is 1. The zero-order chi connectivity index (χ0) is 20.2. The van der Waals surface area contributed by atoms with Gasteiger partial charge in [0.25, 0.3) is 0 Å². The van der Waals surface area contributed by atoms with E-state index in [4.69, 9.17) is 9.72 Å². The Hall–Kier alpha value is -1.79. The minimum absolute atomic E-state index is 0.217. The standard InChI is InChI=1S/C23H31FN4O/c1-16(2)8-21-26-20(19-9-18(10-24)17(3)25-11-19)12-28(21)23-13-22(14-23,15-23)27-4-6-29-7-5-27/h9,11-12,16H,4-8,10,13-15H2,1-3H3. The van der Waals surface area contributed by atoms with E-state index in [0.717, 1.165) is 55.5 Å². The Bertz CT molecular complexity index is 896. The predicted molar refractivity (Wildman–Crippen MR) is 110 cm³/mol. The lowest BCUT2D eigenvalue weighted by Crippen LogP contribution is -2.79. The van der Waals surface area contributed by atoms with Crippen LogP contribution < -0.4 is 0 Å². The average Bonchev–Trinajstić information content (AvgIpc) is 3.04. The van der Waals surface area contributed by atoms with Crippen LogP contribution in [0.5, 0.6) is 0 Å². The minimum atomic E-state index is -0.488. The Morgan fingerprint density at radius 1 is 1.17 bits per heavy atom. The number of rotatable bonds is 6. The second-order valence-corrected chi connectivity index (χ2v) is 9.69. The number of aryl methyl sites for hydroxylation is 1. The number of alkyl halides is 1. The van der Waals surface area contributed by atoms with Crippen molar-refractivity contribution >= 4 is 0 Å². The molecule has 0 unspecified atom stereocenters. The number of nitrogens with zero attached hydrogens (tertiary/aromatic N) is 4. The van der Waals surface area contributed by atoms with Crippen LogP contribution in [-0.2, 0) is 23.4 Å². The van der Waals surface area contributed by atoms with Gasteiger partial charge >= 0.3 is 0 Å². The molecule has 1 aliphatic heterocycles. The first-order valence-electron chi connectivity index (χ1n) is 10.9. The Labute approximate surface area is 172 Å². The molecule has 2 bridgehead atoms. The van der Waals surface area contributed by atoms with Gasteiger partial charge in [0, 0.05) is 54.3 Å². The Morgan fingerprint density at radius 2 is 1.90 bits per heavy atom. The van der Waals surface area contributed by atoms with Gasteiger partial charge in [-0.25, -0.2) is 9.37 Å². The first-order valence-corrected chi connectivity index (χ1v) is 10.9. The predicted octanol–water partition coefficient (Wildman–Crippen LogP) is 3.89. The van der Waals surface area contributed by atoms with Crippen molar-refractivity contribution in [3.05, 3.63) is 35.5 Å². The summed E-state index contributed by atoms with van der Waals surface area (Å²) < 4.78 is 21.3. The van der Waals surface area contributed by atoms with E-state index in [0.29, 0.717) is 17.0 Å². The van der Waals surface area contributed by atoms with Crippen LogP contribution >= 0.6 is 0 Å². The quantitative estimate of drug-likeness (QED) is 0.741. The topological polar surface area (TPSA) is 43.2 Å². The van der Waals surface area contributed by atoms with Gasteiger partial charge in [0.1, 0.15) is 12.5 Å². The maximum atomic E-state index is 13.3. The minimum Gasteiger partial charge on any atom is -0.379 e. The molecule has 2 aromatic rings. The van der Waals surface area contributed by atoms with Crippen LogP contribution in [-0.4, -0.2) is 51.3 Å². The Balaban J connectivity index is 1.43. The monoisotopic (exact) mass is 398 g/mol. The second kappa shape index (κ2) is 6.88. The molecular formula is C23H31FN4O. The van der Waals surface area contributed by atoms with E-state index in [-0.39, 0.29) is 5.54 Å². The summed E-state index contributed by atoms with van der Waals surface area (Å²) in [5.74, 6) is 1.70. The lowest BCUT2D eigenvalue weighted by Gasteiger charge is -2.74. The number of imidazole rings is 1. The Kier molecular flexibility index (Phi) is 4.55. The number of halogens is 1. The van der Waals surface area contributed by atoms with Gasteiger partial charge in [-0.2, -0.15) is 0 Å². The summed E-state index contributed by atoms with van der Waals surface area (Å²) in [5, 5.41) is 0. The van der Waals surface area contributed by atoms with Crippen molar-refractivity contribution in [1.29, 1.82) is 0 Å². The first kappa shape index (κ1) is 19.2. The largest absolute Gasteiger partial charge is 0.379 e. The molecule has 1 saturated heterocycles. The lowest BCUT2D eigenvalue weighted by molar-refractivity contribution is -0.221. The van der Waals surface area contributed by atoms with Crippen LogP contribution in [0.2, 0.25) is 0 Å². The maximum Gasteiger partial charge on any atom is 0.116 e. The molecule has 0 radical (unpaired) electrons. The number of hydrogen-bond donors (Lipinski definition) is 0. The van der Waals surface area contributed by atoms with Gasteiger partial charge in [0.2, 0.25) is 0 Å². The van der Waals surface area contributed by atoms with Crippen LogP contribution in [0, 0.1) is 12.8 Å². The molecule has 3 aliphatic carbocycles. The molecule has 0 spiro atoms. The van der Waals surface area contributed by atoms with Gasteiger partial charge in [0.05, 0.1) is 24.4 Å². The molecule has 29 heavy (non-hydrogen) atoms. The molecule has 0 N–H and O–H groups in total. The highest BCUT2D eigenvalue weighted by atomic mass is 19.1. The molecule has 156 valence electrons. The van der Waals surface area contributed by atoms with Gasteiger partial charge in [-0.15, -0.1) is 0 Å². The van der Waals surface area contributed by atoms with E-state index in [1.807, 2.05) is 19.2 Å². The van der Waals surface area contributed by atoms with E-state index < -0.39 is 6.67 Å². The van der Waals surface area contributed by atoms with Gasteiger partial charge in [-0.3, -0.25) is 9.88 Å². The number of hydrogen-bond acceptors (Lipinski definition) is 4. The SMILES string of the molecule is Cc1ncc(-c2cn(C34CC(N5CCOCC5)(C3)C4)c(CC(C)C)n2)cc1CF. The molecule has 6 rings (SSSR count). The van der Waals surface area contributed by atoms with E-state index in [9.17, 15) is 4.39 Å². The zero-order valence-electron chi connectivity index (χ0n) is 17.7. The molecular weight excluding hydrogens is 367 g/mol. The molecule has 5 nitrogen and oxygen atoms in total. The van der Waals surface area contributed by atoms with Crippen molar-refractivity contribution in [2.45, 2.75) is 64.2 Å². The summed E-state index contributed by atoms with van der Waals surface area (Å²) in [6.07, 6.45) is 8.63. The van der Waals surface area contributed by atoms with E-state index >= 15 is 0 Å². The third-order valence-corrected chi connectivity index (χ3v) is 7.17. The van der Waals surface area contributed by atoms with Crippen LogP contribution in [0.4, 0.5) is 4.39 Å². The highest BCUT2D eigenvalue weighted by Gasteiger charge is 2.71. The Morgan fingerprint density at radius 3 is 2.55 bits per heavy atom. The van der Waals surface area contributed by atoms with Crippen molar-refractivity contribution in [3.8, 4) is 11.3 Å². The highest BCUT2D eigenvalue weighted by Crippen LogP contribution is 2.68. The van der Waals surface area contributed by atoms with Crippen molar-refractivity contribution in [3.63, 3.8) is 0 Å². The normalized spacial score (nSPS) is 29.0. The van der Waals surface area contributed by atoms with Crippen molar-refractivity contribution in [1.82, 2.24) is 19.4 Å². The average molecular weight is 399 g/mol. The van der Waals surface area contributed by atoms with E-state index in [2.05, 4.69) is 34.5 Å². The molecule has 3 saturated carbocycles. The summed E-state index contributed by atoms with van der Waals surface area (Å²) in [7, 11) is 0. The second-order valence-electron chi connectivity index (χ2n) is 9.69. The summed E-state index contributed by atoms with van der Waals surface area (Å²) in [5.41, 5.74) is 3.85. The van der Waals surface area contributed by atoms with Crippen LogP contribution in [0.25, 0.3) is 11.3 Å². The van der Waals surface area contributed by atoms with Crippen LogP contribution in [0.15, 0.2) is 18.5 Å². The number of pyridine rings is 1. The fourth-order valence-corrected chi connectivity index (χ4v) is 5.64. The van der Waals surface area contributed by atoms with E-state index in [1.165, 1.54) is 19.3 Å². The summed E-state index contributed by atoms with van der Waals surface area (Å²) in [6.45, 7) is 9.69. The third kappa shape index (κ3) is 3.03. The fraction of sp³-hybridized carbons (Fsp3) is 0.652. The fourth-order valence-electron chi connectivity index (χ4n) is 5.64. The first-order chi connectivity index (χ1) is 13.9. The molecule has 0 aromatic carbocycles. The third-order valence-electron chi connectivity index (χ3n) is 7.17. The summed E-state index contributed by atoms with van der Waals surface area (Å²) in [4.78, 5) is 12.0. The van der Waals surface area contributed by atoms with Crippen molar-refractivity contribution in [2.75, 3.05) is 26.3 Å². The van der Waals surface area contributed by atoms with Crippen molar-refractivity contribution in [2.24, 2.45) is 5.92 Å². The highest BCUT2D eigenvalue weighted by molar-refractivity contribution is 5.59. The molecule has 4 aliphatic rings. The molecule has 0 atom stereocenters. The van der Waals surface area contributed by atoms with Gasteiger partial charge in [-0.1, -0.05) is 13.8 Å². The molecule has 6 heteroatoms. The van der Waals surface area contributed by atoms with E-state index in [1.54, 1.807) is 0 Å². The van der Waals surface area contributed by atoms with Gasteiger partial charge < -0.3 is 9.30 Å². The molecule has 4 fully saturated rings. The molecule has 3 heterocycles. The van der Waals surface area contributed by atoms with Gasteiger partial charge in [-0.05, 0) is 38.2 Å². The number of morpholine rings is 1. The lowest BCUT2D eigenvalue weighted by atomic mass is 9.43. The molecule has 0 amide bonds. The maximum absolute atomic E-state index is 13.3. The van der Waals surface area contributed by atoms with Crippen molar-refractivity contribution < 1.29 is 9.13 Å². The summed E-state index contributed by atoms with van der Waals surface area (Å²) >= 11 is 0. The van der Waals surface area contributed by atoms with Crippen LogP contribution in [0.3, 0.4) is 0 Å². The van der Waals surface area contributed by atoms with Crippen LogP contribution in [0.1, 0.15) is 50.2 Å². The molecule has 2 aromatic heterocycles. The zero-order valence-corrected chi connectivity index (χ0v) is 17.7. The summed E-state index contributed by atoms with van der Waals surface area (Å²) in [6, 6.07) is 1.91. The van der Waals surface area contributed by atoms with Gasteiger partial charge in [0.15, 0.2) is 0 Å². The number of aromatic nitrogens is 3.